The van der Waals surface area contributed by atoms with Crippen molar-refractivity contribution in [2.45, 2.75) is 0 Å². The summed E-state index contributed by atoms with van der Waals surface area (Å²) >= 11 is 0. The van der Waals surface area contributed by atoms with Crippen molar-refractivity contribution in [3.05, 3.63) is 113 Å². The van der Waals surface area contributed by atoms with E-state index in [1.807, 2.05) is 71.3 Å². The Morgan fingerprint density at radius 1 is 0.556 bits per heavy atom. The molecule has 128 valence electrons. The number of fused-ring (bicyclic) bond motifs is 2. The van der Waals surface area contributed by atoms with Crippen LogP contribution in [0.1, 0.15) is 0 Å². The number of hydrogen-bond acceptors (Lipinski definition) is 1. The van der Waals surface area contributed by atoms with E-state index >= 15 is 0 Å². The van der Waals surface area contributed by atoms with Crippen LogP contribution in [0.25, 0.3) is 38.5 Å². The van der Waals surface area contributed by atoms with Gasteiger partial charge in [-0.05, 0) is 52.1 Å². The molecule has 0 saturated heterocycles. The zero-order valence-corrected chi connectivity index (χ0v) is 14.7. The molecule has 0 unspecified atom stereocenters. The van der Waals surface area contributed by atoms with Crippen molar-refractivity contribution in [2.24, 2.45) is 0 Å². The van der Waals surface area contributed by atoms with E-state index < -0.39 is 0 Å². The van der Waals surface area contributed by atoms with Crippen LogP contribution < -0.4 is 5.56 Å². The fraction of sp³-hybridized carbons (Fsp3) is 0. The van der Waals surface area contributed by atoms with Crippen molar-refractivity contribution >= 4 is 21.5 Å². The highest BCUT2D eigenvalue weighted by molar-refractivity contribution is 5.90. The summed E-state index contributed by atoms with van der Waals surface area (Å²) in [6.07, 6.45) is 0. The van der Waals surface area contributed by atoms with Crippen LogP contribution in [0.3, 0.4) is 0 Å². The van der Waals surface area contributed by atoms with Crippen LogP contribution in [0.15, 0.2) is 108 Å². The van der Waals surface area contributed by atoms with Crippen LogP contribution in [0.2, 0.25) is 0 Å². The Bertz CT molecular complexity index is 1330. The maximum absolute atomic E-state index is 13.3. The SMILES string of the molecule is O=c1c2ccccc2cc(-c2ccc3ccccc3c2)n1-c1ccccc1. The normalized spacial score (nSPS) is 11.1. The predicted molar refractivity (Wildman–Crippen MR) is 112 cm³/mol. The van der Waals surface area contributed by atoms with Gasteiger partial charge in [-0.25, -0.2) is 0 Å². The van der Waals surface area contributed by atoms with Gasteiger partial charge in [0.05, 0.1) is 5.69 Å². The minimum atomic E-state index is 0.00228. The first-order valence-electron chi connectivity index (χ1n) is 9.01. The second-order valence-electron chi connectivity index (χ2n) is 6.65. The molecule has 5 aromatic rings. The lowest BCUT2D eigenvalue weighted by Crippen LogP contribution is -2.20. The fourth-order valence-corrected chi connectivity index (χ4v) is 3.65. The molecule has 0 amide bonds. The smallest absolute Gasteiger partial charge is 0.263 e. The number of benzene rings is 4. The zero-order chi connectivity index (χ0) is 18.2. The first-order chi connectivity index (χ1) is 13.3. The number of hydrogen-bond donors (Lipinski definition) is 0. The molecule has 4 aromatic carbocycles. The van der Waals surface area contributed by atoms with E-state index in [0.29, 0.717) is 0 Å². The van der Waals surface area contributed by atoms with Gasteiger partial charge in [0.15, 0.2) is 0 Å². The van der Waals surface area contributed by atoms with Gasteiger partial charge in [0.1, 0.15) is 0 Å². The zero-order valence-electron chi connectivity index (χ0n) is 14.7. The number of nitrogens with zero attached hydrogens (tertiary/aromatic N) is 1. The van der Waals surface area contributed by atoms with Crippen molar-refractivity contribution in [3.8, 4) is 16.9 Å². The van der Waals surface area contributed by atoms with Crippen molar-refractivity contribution in [1.82, 2.24) is 4.57 Å². The van der Waals surface area contributed by atoms with E-state index in [1.54, 1.807) is 0 Å². The predicted octanol–water partition coefficient (Wildman–Crippen LogP) is 5.81. The number of para-hydroxylation sites is 1. The van der Waals surface area contributed by atoms with Crippen molar-refractivity contribution in [3.63, 3.8) is 0 Å². The van der Waals surface area contributed by atoms with Crippen LogP contribution >= 0.6 is 0 Å². The summed E-state index contributed by atoms with van der Waals surface area (Å²) in [7, 11) is 0. The maximum atomic E-state index is 13.3. The van der Waals surface area contributed by atoms with E-state index in [0.717, 1.165) is 33.1 Å². The molecule has 1 aromatic heterocycles. The number of aromatic nitrogens is 1. The van der Waals surface area contributed by atoms with Gasteiger partial charge in [-0.2, -0.15) is 0 Å². The Labute approximate surface area is 157 Å². The standard InChI is InChI=1S/C25H17NO/c27-25-23-13-7-6-10-20(23)17-24(26(25)22-11-2-1-3-12-22)21-15-14-18-8-4-5-9-19(18)16-21/h1-17H. The van der Waals surface area contributed by atoms with Gasteiger partial charge in [-0.3, -0.25) is 9.36 Å². The molecule has 2 heteroatoms. The Kier molecular flexibility index (Phi) is 3.61. The highest BCUT2D eigenvalue weighted by Gasteiger charge is 2.13. The Hall–Kier alpha value is -3.65. The molecule has 5 rings (SSSR count). The van der Waals surface area contributed by atoms with Gasteiger partial charge in [0.2, 0.25) is 0 Å². The molecule has 27 heavy (non-hydrogen) atoms. The molecule has 0 aliphatic heterocycles. The average molecular weight is 347 g/mol. The molecular weight excluding hydrogens is 330 g/mol. The van der Waals surface area contributed by atoms with Crippen LogP contribution in [0.4, 0.5) is 0 Å². The highest BCUT2D eigenvalue weighted by atomic mass is 16.1. The van der Waals surface area contributed by atoms with Crippen LogP contribution in [0, 0.1) is 0 Å². The largest absolute Gasteiger partial charge is 0.276 e. The third-order valence-electron chi connectivity index (χ3n) is 4.99. The van der Waals surface area contributed by atoms with Gasteiger partial charge < -0.3 is 0 Å². The van der Waals surface area contributed by atoms with E-state index in [-0.39, 0.29) is 5.56 Å². The minimum absolute atomic E-state index is 0.00228. The summed E-state index contributed by atoms with van der Waals surface area (Å²) < 4.78 is 1.81. The van der Waals surface area contributed by atoms with Crippen LogP contribution in [-0.2, 0) is 0 Å². The lowest BCUT2D eigenvalue weighted by atomic mass is 10.0. The highest BCUT2D eigenvalue weighted by Crippen LogP contribution is 2.28. The van der Waals surface area contributed by atoms with Crippen molar-refractivity contribution in [1.29, 1.82) is 0 Å². The van der Waals surface area contributed by atoms with Crippen molar-refractivity contribution < 1.29 is 0 Å². The maximum Gasteiger partial charge on any atom is 0.263 e. The first kappa shape index (κ1) is 15.6. The minimum Gasteiger partial charge on any atom is -0.276 e. The Morgan fingerprint density at radius 3 is 2.04 bits per heavy atom. The molecule has 2 nitrogen and oxygen atoms in total. The van der Waals surface area contributed by atoms with E-state index in [2.05, 4.69) is 36.4 Å². The lowest BCUT2D eigenvalue weighted by molar-refractivity contribution is 1.02. The summed E-state index contributed by atoms with van der Waals surface area (Å²) in [4.78, 5) is 13.3. The third-order valence-corrected chi connectivity index (χ3v) is 4.99. The molecule has 0 bridgehead atoms. The molecular formula is C25H17NO. The first-order valence-corrected chi connectivity index (χ1v) is 9.01. The number of pyridine rings is 1. The van der Waals surface area contributed by atoms with E-state index in [1.165, 1.54) is 5.39 Å². The summed E-state index contributed by atoms with van der Waals surface area (Å²) in [6.45, 7) is 0. The summed E-state index contributed by atoms with van der Waals surface area (Å²) in [6, 6.07) is 34.3. The van der Waals surface area contributed by atoms with Gasteiger partial charge >= 0.3 is 0 Å². The molecule has 0 atom stereocenters. The number of rotatable bonds is 2. The molecule has 0 spiro atoms. The molecule has 1 heterocycles. The fourth-order valence-electron chi connectivity index (χ4n) is 3.65. The van der Waals surface area contributed by atoms with E-state index in [9.17, 15) is 4.79 Å². The molecule has 0 saturated carbocycles. The summed E-state index contributed by atoms with van der Waals surface area (Å²) in [5.41, 5.74) is 2.80. The average Bonchev–Trinajstić information content (AvgIpc) is 2.74. The molecule has 0 radical (unpaired) electrons. The molecule has 0 N–H and O–H groups in total. The van der Waals surface area contributed by atoms with E-state index in [4.69, 9.17) is 0 Å². The van der Waals surface area contributed by atoms with Crippen molar-refractivity contribution in [2.75, 3.05) is 0 Å². The van der Waals surface area contributed by atoms with Gasteiger partial charge in [0.25, 0.3) is 5.56 Å². The third kappa shape index (κ3) is 2.63. The quantitative estimate of drug-likeness (QED) is 0.395. The lowest BCUT2D eigenvalue weighted by Gasteiger charge is -2.15. The monoisotopic (exact) mass is 347 g/mol. The summed E-state index contributed by atoms with van der Waals surface area (Å²) in [5, 5.41) is 4.04. The second-order valence-corrected chi connectivity index (χ2v) is 6.65. The van der Waals surface area contributed by atoms with Crippen LogP contribution in [-0.4, -0.2) is 4.57 Å². The Morgan fingerprint density at radius 2 is 1.22 bits per heavy atom. The molecule has 0 aliphatic rings. The molecule has 0 aliphatic carbocycles. The molecule has 0 fully saturated rings. The van der Waals surface area contributed by atoms with Gasteiger partial charge in [0, 0.05) is 11.1 Å². The Balaban J connectivity index is 1.88. The van der Waals surface area contributed by atoms with Gasteiger partial charge in [-0.15, -0.1) is 0 Å². The summed E-state index contributed by atoms with van der Waals surface area (Å²) in [5.74, 6) is 0. The van der Waals surface area contributed by atoms with Gasteiger partial charge in [-0.1, -0.05) is 72.8 Å². The van der Waals surface area contributed by atoms with Crippen LogP contribution in [0.5, 0.6) is 0 Å². The topological polar surface area (TPSA) is 22.0 Å². The second kappa shape index (κ2) is 6.26.